The highest BCUT2D eigenvalue weighted by Gasteiger charge is 2.43. The average Bonchev–Trinajstić information content (AvgIpc) is 3.53. The van der Waals surface area contributed by atoms with Crippen LogP contribution in [0.4, 0.5) is 17.1 Å². The number of hydrogen-bond acceptors (Lipinski definition) is 6. The molecule has 2 aromatic heterocycles. The Bertz CT molecular complexity index is 1880. The Balaban J connectivity index is 1.10. The van der Waals surface area contributed by atoms with Crippen LogP contribution in [0.3, 0.4) is 0 Å². The van der Waals surface area contributed by atoms with Gasteiger partial charge in [-0.25, -0.2) is 4.98 Å². The van der Waals surface area contributed by atoms with Crippen molar-refractivity contribution >= 4 is 62.5 Å². The van der Waals surface area contributed by atoms with E-state index >= 15 is 0 Å². The summed E-state index contributed by atoms with van der Waals surface area (Å²) in [5.41, 5.74) is 3.72. The number of fused-ring (bicyclic) bond motifs is 1. The van der Waals surface area contributed by atoms with Crippen LogP contribution in [0, 0.1) is 5.41 Å². The number of likely N-dealkylation sites (tertiary alicyclic amines) is 1. The van der Waals surface area contributed by atoms with E-state index < -0.39 is 11.9 Å². The molecule has 2 aromatic carbocycles. The Hall–Kier alpha value is -4.73. The summed E-state index contributed by atoms with van der Waals surface area (Å²) in [7, 11) is 0. The zero-order chi connectivity index (χ0) is 30.2. The van der Waals surface area contributed by atoms with Crippen LogP contribution in [0.5, 0.6) is 0 Å². The molecule has 4 aromatic rings. The molecule has 2 saturated heterocycles. The van der Waals surface area contributed by atoms with Crippen molar-refractivity contribution in [1.29, 1.82) is 0 Å². The number of benzene rings is 2. The van der Waals surface area contributed by atoms with Gasteiger partial charge in [0, 0.05) is 70.8 Å². The van der Waals surface area contributed by atoms with Gasteiger partial charge in [-0.1, -0.05) is 25.5 Å². The van der Waals surface area contributed by atoms with Gasteiger partial charge in [0.2, 0.25) is 17.7 Å². The molecule has 10 nitrogen and oxygen atoms in total. The van der Waals surface area contributed by atoms with E-state index in [1.54, 1.807) is 11.0 Å². The number of carbonyl (C=O) groups is 4. The van der Waals surface area contributed by atoms with Crippen LogP contribution in [0.25, 0.3) is 21.8 Å². The molecule has 10 heteroatoms. The molecule has 224 valence electrons. The number of nitrogens with one attached hydrogen (secondary N) is 2. The van der Waals surface area contributed by atoms with Gasteiger partial charge < -0.3 is 14.8 Å². The molecule has 0 bridgehead atoms. The van der Waals surface area contributed by atoms with Gasteiger partial charge in [-0.05, 0) is 62.4 Å². The SMILES string of the molecule is CC1(C(=O)N2CCC(n3cc(Nc4ccc5c6c(cccc46)C(=O)N5C4CCC(=O)NC4=O)c4cccnc43)CC2)CCC1. The third kappa shape index (κ3) is 4.03. The van der Waals surface area contributed by atoms with E-state index in [1.165, 1.54) is 0 Å². The van der Waals surface area contributed by atoms with Crippen LogP contribution in [0.15, 0.2) is 54.9 Å². The van der Waals surface area contributed by atoms with Gasteiger partial charge in [0.1, 0.15) is 11.7 Å². The number of amides is 4. The summed E-state index contributed by atoms with van der Waals surface area (Å²) in [5, 5.41) is 8.70. The minimum absolute atomic E-state index is 0.172. The Morgan fingerprint density at radius 2 is 1.77 bits per heavy atom. The molecule has 4 aliphatic rings. The van der Waals surface area contributed by atoms with Gasteiger partial charge in [-0.15, -0.1) is 0 Å². The van der Waals surface area contributed by atoms with Crippen LogP contribution in [-0.4, -0.2) is 57.2 Å². The number of pyridine rings is 1. The summed E-state index contributed by atoms with van der Waals surface area (Å²) in [6, 6.07) is 13.0. The largest absolute Gasteiger partial charge is 0.353 e. The van der Waals surface area contributed by atoms with Crippen molar-refractivity contribution in [3.05, 3.63) is 60.4 Å². The number of carbonyl (C=O) groups excluding carboxylic acids is 4. The van der Waals surface area contributed by atoms with E-state index in [4.69, 9.17) is 4.98 Å². The summed E-state index contributed by atoms with van der Waals surface area (Å²) in [5.74, 6) is -0.669. The van der Waals surface area contributed by atoms with Crippen molar-refractivity contribution in [3.8, 4) is 0 Å². The molecular weight excluding hydrogens is 556 g/mol. The van der Waals surface area contributed by atoms with Gasteiger partial charge in [-0.2, -0.15) is 0 Å². The summed E-state index contributed by atoms with van der Waals surface area (Å²) < 4.78 is 2.25. The third-order valence-corrected chi connectivity index (χ3v) is 10.2. The standard InChI is InChI=1S/C34H34N6O4/c1-34(14-4-15-34)33(44)38-17-12-20(13-18-38)39-19-25(22-7-3-16-35-30(22)39)36-24-8-9-26-29-21(24)5-2-6-23(29)32(43)40(26)27-10-11-28(41)37-31(27)42/h2-3,5-9,16,19-20,27,36H,4,10-15,17-18H2,1H3,(H,37,41,42). The lowest BCUT2D eigenvalue weighted by Gasteiger charge is -2.43. The predicted molar refractivity (Wildman–Crippen MR) is 167 cm³/mol. The quantitative estimate of drug-likeness (QED) is 0.314. The van der Waals surface area contributed by atoms with E-state index in [-0.39, 0.29) is 29.7 Å². The fourth-order valence-corrected chi connectivity index (χ4v) is 7.61. The molecule has 3 aliphatic heterocycles. The molecule has 8 rings (SSSR count). The van der Waals surface area contributed by atoms with E-state index in [9.17, 15) is 19.2 Å². The monoisotopic (exact) mass is 590 g/mol. The number of anilines is 3. The Labute approximate surface area is 254 Å². The first-order valence-corrected chi connectivity index (χ1v) is 15.6. The topological polar surface area (TPSA) is 117 Å². The van der Waals surface area contributed by atoms with E-state index in [0.29, 0.717) is 23.6 Å². The predicted octanol–water partition coefficient (Wildman–Crippen LogP) is 5.05. The zero-order valence-corrected chi connectivity index (χ0v) is 24.6. The minimum Gasteiger partial charge on any atom is -0.353 e. The number of rotatable bonds is 5. The van der Waals surface area contributed by atoms with Crippen molar-refractivity contribution in [2.75, 3.05) is 23.3 Å². The second-order valence-corrected chi connectivity index (χ2v) is 12.9. The highest BCUT2D eigenvalue weighted by atomic mass is 16.2. The maximum Gasteiger partial charge on any atom is 0.259 e. The maximum absolute atomic E-state index is 13.6. The lowest BCUT2D eigenvalue weighted by molar-refractivity contribution is -0.147. The lowest BCUT2D eigenvalue weighted by Crippen LogP contribution is -2.53. The van der Waals surface area contributed by atoms with Crippen molar-refractivity contribution in [2.24, 2.45) is 5.41 Å². The van der Waals surface area contributed by atoms with E-state index in [2.05, 4.69) is 39.3 Å². The van der Waals surface area contributed by atoms with Gasteiger partial charge in [0.15, 0.2) is 0 Å². The molecule has 1 unspecified atom stereocenters. The zero-order valence-electron chi connectivity index (χ0n) is 24.6. The van der Waals surface area contributed by atoms with E-state index in [1.807, 2.05) is 36.5 Å². The summed E-state index contributed by atoms with van der Waals surface area (Å²) in [6.07, 6.45) is 9.31. The van der Waals surface area contributed by atoms with Crippen molar-refractivity contribution in [1.82, 2.24) is 19.8 Å². The molecule has 0 radical (unpaired) electrons. The number of nitrogens with zero attached hydrogens (tertiary/aromatic N) is 4. The molecular formula is C34H34N6O4. The third-order valence-electron chi connectivity index (χ3n) is 10.2. The van der Waals surface area contributed by atoms with E-state index in [0.717, 1.165) is 78.4 Å². The highest BCUT2D eigenvalue weighted by molar-refractivity contribution is 6.28. The van der Waals surface area contributed by atoms with Gasteiger partial charge in [0.05, 0.1) is 11.4 Å². The van der Waals surface area contributed by atoms with Gasteiger partial charge in [0.25, 0.3) is 5.91 Å². The molecule has 5 heterocycles. The summed E-state index contributed by atoms with van der Waals surface area (Å²) in [6.45, 7) is 3.61. The molecule has 0 spiro atoms. The molecule has 44 heavy (non-hydrogen) atoms. The Morgan fingerprint density at radius 3 is 2.52 bits per heavy atom. The maximum atomic E-state index is 13.6. The highest BCUT2D eigenvalue weighted by Crippen LogP contribution is 2.45. The van der Waals surface area contributed by atoms with Crippen LogP contribution in [-0.2, 0) is 14.4 Å². The Kier molecular flexibility index (Phi) is 6.05. The molecule has 1 atom stereocenters. The second-order valence-electron chi connectivity index (χ2n) is 12.9. The molecule has 2 N–H and O–H groups in total. The van der Waals surface area contributed by atoms with Crippen LogP contribution < -0.4 is 15.5 Å². The normalized spacial score (nSPS) is 21.6. The fraction of sp³-hybridized carbons (Fsp3) is 0.382. The van der Waals surface area contributed by atoms with Crippen LogP contribution >= 0.6 is 0 Å². The molecule has 3 fully saturated rings. The first-order chi connectivity index (χ1) is 21.3. The Morgan fingerprint density at radius 1 is 0.977 bits per heavy atom. The van der Waals surface area contributed by atoms with Crippen molar-refractivity contribution in [2.45, 2.75) is 64.0 Å². The minimum atomic E-state index is -0.725. The second kappa shape index (κ2) is 9.90. The first kappa shape index (κ1) is 26.9. The molecule has 1 aliphatic carbocycles. The molecule has 4 amide bonds. The average molecular weight is 591 g/mol. The number of piperidine rings is 2. The number of aromatic nitrogens is 2. The number of imide groups is 1. The number of hydrogen-bond donors (Lipinski definition) is 2. The summed E-state index contributed by atoms with van der Waals surface area (Å²) >= 11 is 0. The lowest BCUT2D eigenvalue weighted by atomic mass is 9.69. The van der Waals surface area contributed by atoms with Crippen molar-refractivity contribution in [3.63, 3.8) is 0 Å². The molecule has 1 saturated carbocycles. The smallest absolute Gasteiger partial charge is 0.259 e. The van der Waals surface area contributed by atoms with Crippen LogP contribution in [0.1, 0.15) is 68.3 Å². The first-order valence-electron chi connectivity index (χ1n) is 15.6. The van der Waals surface area contributed by atoms with Gasteiger partial charge >= 0.3 is 0 Å². The van der Waals surface area contributed by atoms with Gasteiger partial charge in [-0.3, -0.25) is 29.4 Å². The summed E-state index contributed by atoms with van der Waals surface area (Å²) in [4.78, 5) is 59.5. The van der Waals surface area contributed by atoms with Crippen molar-refractivity contribution < 1.29 is 19.2 Å². The fourth-order valence-electron chi connectivity index (χ4n) is 7.61. The van der Waals surface area contributed by atoms with Crippen LogP contribution in [0.2, 0.25) is 0 Å².